The maximum Gasteiger partial charge on any atom is 0.124 e. The Bertz CT molecular complexity index is 587. The van der Waals surface area contributed by atoms with Gasteiger partial charge in [-0.3, -0.25) is 9.80 Å². The van der Waals surface area contributed by atoms with Crippen molar-refractivity contribution in [3.8, 4) is 5.75 Å². The van der Waals surface area contributed by atoms with Gasteiger partial charge in [0.15, 0.2) is 0 Å². The van der Waals surface area contributed by atoms with Crippen LogP contribution in [0.1, 0.15) is 24.8 Å². The average molecular weight is 374 g/mol. The third kappa shape index (κ3) is 5.55. The molecule has 0 amide bonds. The Labute approximate surface area is 164 Å². The summed E-state index contributed by atoms with van der Waals surface area (Å²) in [6.45, 7) is 11.0. The third-order valence-corrected chi connectivity index (χ3v) is 5.96. The molecule has 2 aliphatic rings. The van der Waals surface area contributed by atoms with Gasteiger partial charge in [-0.2, -0.15) is 0 Å². The Kier molecular flexibility index (Phi) is 7.70. The molecule has 0 aromatic heterocycles. The molecule has 0 spiro atoms. The SMILES string of the molecule is C=CCOc1ccccc1CN1CCN(C2CCN(C)CC2)C(CCO)C1. The second-order valence-corrected chi connectivity index (χ2v) is 7.88. The van der Waals surface area contributed by atoms with Crippen LogP contribution in [0.5, 0.6) is 5.75 Å². The first-order chi connectivity index (χ1) is 13.2. The first-order valence-electron chi connectivity index (χ1n) is 10.3. The zero-order valence-corrected chi connectivity index (χ0v) is 16.7. The third-order valence-electron chi connectivity index (χ3n) is 5.96. The number of hydrogen-bond donors (Lipinski definition) is 1. The molecule has 0 radical (unpaired) electrons. The summed E-state index contributed by atoms with van der Waals surface area (Å²) in [5, 5.41) is 9.61. The Morgan fingerprint density at radius 3 is 2.70 bits per heavy atom. The molecule has 3 rings (SSSR count). The summed E-state index contributed by atoms with van der Waals surface area (Å²) >= 11 is 0. The number of benzene rings is 1. The number of piperidine rings is 1. The molecular formula is C22H35N3O2. The number of hydrogen-bond acceptors (Lipinski definition) is 5. The second kappa shape index (κ2) is 10.2. The standard InChI is InChI=1S/C22H35N3O2/c1-3-16-27-22-7-5-4-6-19(22)17-24-13-14-25(21(18-24)10-15-26)20-8-11-23(2)12-9-20/h3-7,20-21,26H,1,8-18H2,2H3. The van der Waals surface area contributed by atoms with Gasteiger partial charge in [0.1, 0.15) is 12.4 Å². The molecular weight excluding hydrogens is 338 g/mol. The minimum Gasteiger partial charge on any atom is -0.489 e. The predicted octanol–water partition coefficient (Wildman–Crippen LogP) is 2.21. The first-order valence-corrected chi connectivity index (χ1v) is 10.3. The number of rotatable bonds is 8. The van der Waals surface area contributed by atoms with E-state index in [-0.39, 0.29) is 6.61 Å². The number of ether oxygens (including phenoxy) is 1. The topological polar surface area (TPSA) is 39.2 Å². The zero-order chi connectivity index (χ0) is 19.1. The van der Waals surface area contributed by atoms with E-state index in [4.69, 9.17) is 4.74 Å². The summed E-state index contributed by atoms with van der Waals surface area (Å²) < 4.78 is 5.83. The smallest absolute Gasteiger partial charge is 0.124 e. The lowest BCUT2D eigenvalue weighted by molar-refractivity contribution is 0.00579. The van der Waals surface area contributed by atoms with Crippen LogP contribution in [-0.2, 0) is 6.54 Å². The molecule has 27 heavy (non-hydrogen) atoms. The molecule has 2 saturated heterocycles. The van der Waals surface area contributed by atoms with E-state index in [1.54, 1.807) is 6.08 Å². The Morgan fingerprint density at radius 1 is 1.19 bits per heavy atom. The highest BCUT2D eigenvalue weighted by Gasteiger charge is 2.33. The molecule has 1 aromatic carbocycles. The summed E-state index contributed by atoms with van der Waals surface area (Å²) in [5.74, 6) is 0.953. The minimum atomic E-state index is 0.265. The summed E-state index contributed by atoms with van der Waals surface area (Å²) in [7, 11) is 2.21. The number of para-hydroxylation sites is 1. The van der Waals surface area contributed by atoms with Crippen LogP contribution in [-0.4, -0.2) is 84.9 Å². The lowest BCUT2D eigenvalue weighted by Gasteiger charge is -2.47. The van der Waals surface area contributed by atoms with E-state index < -0.39 is 0 Å². The fourth-order valence-corrected chi connectivity index (χ4v) is 4.46. The van der Waals surface area contributed by atoms with E-state index in [0.29, 0.717) is 18.7 Å². The number of piperazine rings is 1. The van der Waals surface area contributed by atoms with Crippen LogP contribution in [0.25, 0.3) is 0 Å². The Morgan fingerprint density at radius 2 is 1.96 bits per heavy atom. The van der Waals surface area contributed by atoms with Crippen LogP contribution in [0.15, 0.2) is 36.9 Å². The molecule has 2 heterocycles. The normalized spacial score (nSPS) is 23.4. The quantitative estimate of drug-likeness (QED) is 0.708. The Hall–Kier alpha value is -1.40. The number of aliphatic hydroxyl groups excluding tert-OH is 1. The van der Waals surface area contributed by atoms with Gasteiger partial charge in [0, 0.05) is 50.4 Å². The van der Waals surface area contributed by atoms with Gasteiger partial charge in [-0.15, -0.1) is 0 Å². The van der Waals surface area contributed by atoms with Crippen molar-refractivity contribution in [2.24, 2.45) is 0 Å². The van der Waals surface area contributed by atoms with E-state index in [0.717, 1.165) is 38.3 Å². The van der Waals surface area contributed by atoms with Gasteiger partial charge in [-0.25, -0.2) is 0 Å². The van der Waals surface area contributed by atoms with Crippen molar-refractivity contribution in [1.29, 1.82) is 0 Å². The maximum absolute atomic E-state index is 9.61. The highest BCUT2D eigenvalue weighted by atomic mass is 16.5. The number of likely N-dealkylation sites (tertiary alicyclic amines) is 1. The monoisotopic (exact) mass is 373 g/mol. The van der Waals surface area contributed by atoms with Gasteiger partial charge in [0.25, 0.3) is 0 Å². The number of aliphatic hydroxyl groups is 1. The van der Waals surface area contributed by atoms with Gasteiger partial charge >= 0.3 is 0 Å². The zero-order valence-electron chi connectivity index (χ0n) is 16.7. The molecule has 0 bridgehead atoms. The van der Waals surface area contributed by atoms with Crippen molar-refractivity contribution in [3.05, 3.63) is 42.5 Å². The van der Waals surface area contributed by atoms with E-state index >= 15 is 0 Å². The summed E-state index contributed by atoms with van der Waals surface area (Å²) in [6, 6.07) is 9.41. The molecule has 1 unspecified atom stereocenters. The van der Waals surface area contributed by atoms with Gasteiger partial charge in [0.05, 0.1) is 0 Å². The van der Waals surface area contributed by atoms with E-state index in [9.17, 15) is 5.11 Å². The predicted molar refractivity (Wildman–Crippen MR) is 110 cm³/mol. The molecule has 1 N–H and O–H groups in total. The van der Waals surface area contributed by atoms with Crippen LogP contribution in [0.2, 0.25) is 0 Å². The van der Waals surface area contributed by atoms with Crippen molar-refractivity contribution in [2.75, 3.05) is 53.0 Å². The molecule has 2 aliphatic heterocycles. The van der Waals surface area contributed by atoms with E-state index in [2.05, 4.69) is 40.5 Å². The van der Waals surface area contributed by atoms with Gasteiger partial charge in [0.2, 0.25) is 0 Å². The lowest BCUT2D eigenvalue weighted by Crippen LogP contribution is -2.58. The summed E-state index contributed by atoms with van der Waals surface area (Å²) in [4.78, 5) is 7.62. The van der Waals surface area contributed by atoms with Crippen molar-refractivity contribution in [3.63, 3.8) is 0 Å². The minimum absolute atomic E-state index is 0.265. The maximum atomic E-state index is 9.61. The second-order valence-electron chi connectivity index (χ2n) is 7.88. The molecule has 0 saturated carbocycles. The van der Waals surface area contributed by atoms with Crippen molar-refractivity contribution in [2.45, 2.75) is 37.9 Å². The lowest BCUT2D eigenvalue weighted by atomic mass is 9.98. The summed E-state index contributed by atoms with van der Waals surface area (Å²) in [5.41, 5.74) is 1.23. The van der Waals surface area contributed by atoms with E-state index in [1.165, 1.54) is 31.5 Å². The van der Waals surface area contributed by atoms with Crippen molar-refractivity contribution >= 4 is 0 Å². The average Bonchev–Trinajstić information content (AvgIpc) is 2.69. The van der Waals surface area contributed by atoms with Crippen LogP contribution in [0, 0.1) is 0 Å². The van der Waals surface area contributed by atoms with E-state index in [1.807, 2.05) is 12.1 Å². The first kappa shape index (κ1) is 20.3. The highest BCUT2D eigenvalue weighted by molar-refractivity contribution is 5.33. The van der Waals surface area contributed by atoms with Crippen LogP contribution < -0.4 is 4.74 Å². The molecule has 0 aliphatic carbocycles. The molecule has 2 fully saturated rings. The highest BCUT2D eigenvalue weighted by Crippen LogP contribution is 2.26. The van der Waals surface area contributed by atoms with Gasteiger partial charge in [-0.05, 0) is 45.5 Å². The molecule has 1 atom stereocenters. The molecule has 5 nitrogen and oxygen atoms in total. The Balaban J connectivity index is 1.62. The molecule has 1 aromatic rings. The fraction of sp³-hybridized carbons (Fsp3) is 0.636. The largest absolute Gasteiger partial charge is 0.489 e. The van der Waals surface area contributed by atoms with Crippen molar-refractivity contribution in [1.82, 2.24) is 14.7 Å². The van der Waals surface area contributed by atoms with Crippen LogP contribution in [0.3, 0.4) is 0 Å². The van der Waals surface area contributed by atoms with Crippen LogP contribution >= 0.6 is 0 Å². The van der Waals surface area contributed by atoms with Crippen molar-refractivity contribution < 1.29 is 9.84 Å². The molecule has 5 heteroatoms. The van der Waals surface area contributed by atoms with Gasteiger partial charge in [-0.1, -0.05) is 30.9 Å². The number of nitrogens with zero attached hydrogens (tertiary/aromatic N) is 3. The van der Waals surface area contributed by atoms with Crippen LogP contribution in [0.4, 0.5) is 0 Å². The summed E-state index contributed by atoms with van der Waals surface area (Å²) in [6.07, 6.45) is 5.14. The molecule has 150 valence electrons. The van der Waals surface area contributed by atoms with Gasteiger partial charge < -0.3 is 14.7 Å². The fourth-order valence-electron chi connectivity index (χ4n) is 4.46.